The van der Waals surface area contributed by atoms with Crippen LogP contribution in [0.25, 0.3) is 6.08 Å². The maximum atomic E-state index is 13.0. The highest BCUT2D eigenvalue weighted by Gasteiger charge is 2.48. The molecule has 1 N–H and O–H groups in total. The summed E-state index contributed by atoms with van der Waals surface area (Å²) in [6.07, 6.45) is 7.06. The fourth-order valence-electron chi connectivity index (χ4n) is 5.56. The third-order valence-corrected chi connectivity index (χ3v) is 7.79. The molecular weight excluding hydrogens is 482 g/mol. The molecule has 0 unspecified atom stereocenters. The van der Waals surface area contributed by atoms with Crippen molar-refractivity contribution in [2.75, 3.05) is 39.3 Å². The van der Waals surface area contributed by atoms with Crippen LogP contribution in [0.4, 0.5) is 4.79 Å². The number of fused-ring (bicyclic) bond motifs is 3. The van der Waals surface area contributed by atoms with Crippen molar-refractivity contribution >= 4 is 24.4 Å². The predicted octanol–water partition coefficient (Wildman–Crippen LogP) is 3.62. The molecule has 2 bridgehead atoms. The van der Waals surface area contributed by atoms with E-state index in [2.05, 4.69) is 10.2 Å². The van der Waals surface area contributed by atoms with Gasteiger partial charge in [-0.3, -0.25) is 9.69 Å². The average Bonchev–Trinajstić information content (AvgIpc) is 2.93. The Morgan fingerprint density at radius 3 is 2.42 bits per heavy atom. The molecule has 2 amide bonds. The van der Waals surface area contributed by atoms with Gasteiger partial charge >= 0.3 is 6.09 Å². The van der Waals surface area contributed by atoms with Crippen molar-refractivity contribution in [2.45, 2.75) is 37.3 Å². The fourth-order valence-corrected chi connectivity index (χ4v) is 5.56. The number of unbranched alkanes of at least 4 members (excludes halogenated alkanes) is 1. The number of amides is 2. The van der Waals surface area contributed by atoms with Gasteiger partial charge in [-0.15, -0.1) is 0 Å². The second-order valence-corrected chi connectivity index (χ2v) is 10.4. The Hall–Kier alpha value is -3.65. The van der Waals surface area contributed by atoms with Crippen molar-refractivity contribution in [3.63, 3.8) is 0 Å². The molecular formula is C30H35N3O5. The smallest absolute Gasteiger partial charge is 0.408 e. The number of nitrogens with one attached hydrogen (secondary N) is 1. The molecule has 0 radical (unpaired) electrons. The van der Waals surface area contributed by atoms with Crippen LogP contribution in [-0.2, 0) is 19.9 Å². The molecule has 4 aliphatic heterocycles. The highest BCUT2D eigenvalue weighted by molar-refractivity contribution is 5.92. The number of nitrogens with zero attached hydrogens (tertiary/aromatic N) is 2. The maximum absolute atomic E-state index is 13.0. The van der Waals surface area contributed by atoms with E-state index < -0.39 is 11.6 Å². The third-order valence-electron chi connectivity index (χ3n) is 7.79. The molecule has 4 heterocycles. The largest absolute Gasteiger partial charge is 0.494 e. The summed E-state index contributed by atoms with van der Waals surface area (Å²) < 4.78 is 11.5. The van der Waals surface area contributed by atoms with E-state index in [9.17, 15) is 14.4 Å². The Labute approximate surface area is 223 Å². The first-order chi connectivity index (χ1) is 18.5. The maximum Gasteiger partial charge on any atom is 0.408 e. The van der Waals surface area contributed by atoms with Gasteiger partial charge in [0.15, 0.2) is 0 Å². The van der Waals surface area contributed by atoms with Crippen LogP contribution in [-0.4, -0.2) is 73.5 Å². The Morgan fingerprint density at radius 1 is 1.03 bits per heavy atom. The molecule has 6 rings (SSSR count). The molecule has 4 fully saturated rings. The number of alkyl carbamates (subject to hydrolysis) is 1. The van der Waals surface area contributed by atoms with Crippen molar-refractivity contribution in [3.05, 3.63) is 71.8 Å². The number of rotatable bonds is 10. The summed E-state index contributed by atoms with van der Waals surface area (Å²) in [5.74, 6) is 1.05. The van der Waals surface area contributed by atoms with Crippen molar-refractivity contribution in [2.24, 2.45) is 5.92 Å². The third kappa shape index (κ3) is 6.07. The number of hydrogen-bond donors (Lipinski definition) is 1. The molecule has 2 aromatic carbocycles. The highest BCUT2D eigenvalue weighted by Crippen LogP contribution is 2.34. The van der Waals surface area contributed by atoms with Crippen molar-refractivity contribution < 1.29 is 23.9 Å². The predicted molar refractivity (Wildman–Crippen MR) is 144 cm³/mol. The molecule has 4 saturated heterocycles. The number of carbonyl (C=O) groups is 3. The lowest BCUT2D eigenvalue weighted by atomic mass is 9.82. The van der Waals surface area contributed by atoms with Crippen LogP contribution in [0, 0.1) is 5.92 Å². The number of piperidine rings is 3. The zero-order valence-electron chi connectivity index (χ0n) is 21.6. The molecule has 4 aliphatic rings. The summed E-state index contributed by atoms with van der Waals surface area (Å²) in [5, 5.41) is 3.11. The van der Waals surface area contributed by atoms with Gasteiger partial charge in [0.25, 0.3) is 0 Å². The van der Waals surface area contributed by atoms with E-state index in [4.69, 9.17) is 9.47 Å². The van der Waals surface area contributed by atoms with Crippen molar-refractivity contribution in [1.29, 1.82) is 0 Å². The molecule has 1 atom stereocenters. The molecule has 0 spiro atoms. The Balaban J connectivity index is 1.17. The number of likely N-dealkylation sites (tertiary alicyclic amines) is 1. The van der Waals surface area contributed by atoms with Crippen LogP contribution >= 0.6 is 0 Å². The Bertz CT molecular complexity index is 1140. The summed E-state index contributed by atoms with van der Waals surface area (Å²) in [4.78, 5) is 40.4. The number of carbonyl (C=O) groups excluding carboxylic acids is 3. The van der Waals surface area contributed by atoms with Gasteiger partial charge < -0.3 is 24.5 Å². The van der Waals surface area contributed by atoms with E-state index in [0.29, 0.717) is 38.5 Å². The lowest BCUT2D eigenvalue weighted by Crippen LogP contribution is -2.69. The zero-order chi connectivity index (χ0) is 26.4. The minimum absolute atomic E-state index is 0.0702. The van der Waals surface area contributed by atoms with Crippen LogP contribution in [0.15, 0.2) is 60.7 Å². The number of benzene rings is 2. The minimum Gasteiger partial charge on any atom is -0.494 e. The monoisotopic (exact) mass is 517 g/mol. The number of hydrogen-bond acceptors (Lipinski definition) is 6. The average molecular weight is 518 g/mol. The Kier molecular flexibility index (Phi) is 8.08. The summed E-state index contributed by atoms with van der Waals surface area (Å²) in [6.45, 7) is 4.23. The van der Waals surface area contributed by atoms with E-state index in [1.54, 1.807) is 17.1 Å². The van der Waals surface area contributed by atoms with E-state index in [1.807, 2.05) is 54.6 Å². The zero-order valence-corrected chi connectivity index (χ0v) is 21.6. The van der Waals surface area contributed by atoms with Gasteiger partial charge in [-0.25, -0.2) is 4.79 Å². The van der Waals surface area contributed by atoms with Crippen LogP contribution in [0.2, 0.25) is 0 Å². The standard InChI is InChI=1S/C30H35N3O5/c34-18-4-5-19-37-26-11-8-23(9-12-26)10-13-28(35)33-21-30(22-33,25-6-2-1-3-7-25)31-29(36)38-27-20-32-16-14-24(27)15-17-32/h1-3,6-13,18,24,27H,4-5,14-17,19-22H2,(H,31,36)/b13-10+/t27-/m0/s1. The summed E-state index contributed by atoms with van der Waals surface area (Å²) in [6, 6.07) is 17.2. The van der Waals surface area contributed by atoms with Crippen molar-refractivity contribution in [1.82, 2.24) is 15.1 Å². The lowest BCUT2D eigenvalue weighted by molar-refractivity contribution is -0.134. The number of aldehydes is 1. The first-order valence-corrected chi connectivity index (χ1v) is 13.4. The Morgan fingerprint density at radius 2 is 1.76 bits per heavy atom. The first kappa shape index (κ1) is 26.0. The topological polar surface area (TPSA) is 88.2 Å². The van der Waals surface area contributed by atoms with Gasteiger partial charge in [-0.05, 0) is 67.6 Å². The highest BCUT2D eigenvalue weighted by atomic mass is 16.6. The SMILES string of the molecule is O=CCCCOc1ccc(/C=C/C(=O)N2CC(NC(=O)O[C@H]3CN4CCC3CC4)(c3ccccc3)C2)cc1. The molecule has 38 heavy (non-hydrogen) atoms. The van der Waals surface area contributed by atoms with Crippen LogP contribution < -0.4 is 10.1 Å². The van der Waals surface area contributed by atoms with Crippen LogP contribution in [0.5, 0.6) is 5.75 Å². The van der Waals surface area contributed by atoms with Crippen molar-refractivity contribution in [3.8, 4) is 5.75 Å². The molecule has 0 saturated carbocycles. The molecule has 2 aromatic rings. The molecule has 0 aliphatic carbocycles. The van der Waals surface area contributed by atoms with Gasteiger partial charge in [-0.2, -0.15) is 0 Å². The second-order valence-electron chi connectivity index (χ2n) is 10.4. The van der Waals surface area contributed by atoms with Gasteiger partial charge in [0, 0.05) is 19.0 Å². The summed E-state index contributed by atoms with van der Waals surface area (Å²) >= 11 is 0. The van der Waals surface area contributed by atoms with E-state index in [0.717, 1.165) is 55.6 Å². The molecule has 0 aromatic heterocycles. The van der Waals surface area contributed by atoms with E-state index in [1.165, 1.54) is 0 Å². The van der Waals surface area contributed by atoms with E-state index in [-0.39, 0.29) is 12.0 Å². The molecule has 8 heteroatoms. The quantitative estimate of drug-likeness (QED) is 0.294. The first-order valence-electron chi connectivity index (χ1n) is 13.4. The van der Waals surface area contributed by atoms with Crippen LogP contribution in [0.3, 0.4) is 0 Å². The van der Waals surface area contributed by atoms with Gasteiger partial charge in [0.2, 0.25) is 5.91 Å². The van der Waals surface area contributed by atoms with Gasteiger partial charge in [-0.1, -0.05) is 42.5 Å². The summed E-state index contributed by atoms with van der Waals surface area (Å²) in [7, 11) is 0. The number of ether oxygens (including phenoxy) is 2. The van der Waals surface area contributed by atoms with Gasteiger partial charge in [0.05, 0.1) is 19.7 Å². The normalized spacial score (nSPS) is 23.5. The van der Waals surface area contributed by atoms with Gasteiger partial charge in [0.1, 0.15) is 23.7 Å². The minimum atomic E-state index is -0.668. The second kappa shape index (κ2) is 11.8. The molecule has 8 nitrogen and oxygen atoms in total. The molecule has 200 valence electrons. The summed E-state index contributed by atoms with van der Waals surface area (Å²) in [5.41, 5.74) is 1.17. The van der Waals surface area contributed by atoms with E-state index >= 15 is 0 Å². The fraction of sp³-hybridized carbons (Fsp3) is 0.433. The van der Waals surface area contributed by atoms with Crippen LogP contribution in [0.1, 0.15) is 36.8 Å². The lowest BCUT2D eigenvalue weighted by Gasteiger charge is -2.50.